The Hall–Kier alpha value is -0.554. The Bertz CT molecular complexity index is 213. The van der Waals surface area contributed by atoms with E-state index >= 15 is 0 Å². The molecule has 14 heavy (non-hydrogen) atoms. The number of carbonyl (C=O) groups is 3. The molecule has 80 valence electrons. The van der Waals surface area contributed by atoms with E-state index in [0.717, 1.165) is 19.8 Å². The van der Waals surface area contributed by atoms with Crippen LogP contribution in [0.15, 0.2) is 0 Å². The van der Waals surface area contributed by atoms with E-state index in [1.165, 1.54) is 0 Å². The Morgan fingerprint density at radius 1 is 1.14 bits per heavy atom. The Kier molecular flexibility index (Phi) is 10.2. The molecule has 0 bridgehead atoms. The van der Waals surface area contributed by atoms with Crippen LogP contribution in [0.2, 0.25) is 0 Å². The molecule has 0 radical (unpaired) electrons. The molecular formula is C9H17GaO4. The zero-order chi connectivity index (χ0) is 10.3. The van der Waals surface area contributed by atoms with E-state index in [9.17, 15) is 14.4 Å². The Morgan fingerprint density at radius 2 is 1.71 bits per heavy atom. The summed E-state index contributed by atoms with van der Waals surface area (Å²) in [6.07, 6.45) is 2.72. The summed E-state index contributed by atoms with van der Waals surface area (Å²) in [7, 11) is 0. The standard InChI is InChI=1S/C9H14O4.Ga.3H/c1-3-4-5-6-8(11)9(12)13-7(2)10;;;;/h3-6H2,1-2H3;;;;. The van der Waals surface area contributed by atoms with Crippen LogP contribution in [0, 0.1) is 0 Å². The summed E-state index contributed by atoms with van der Waals surface area (Å²) in [6, 6.07) is 0. The number of hydrogen-bond acceptors (Lipinski definition) is 4. The van der Waals surface area contributed by atoms with Gasteiger partial charge >= 0.3 is 31.7 Å². The van der Waals surface area contributed by atoms with E-state index in [1.807, 2.05) is 6.92 Å². The molecule has 0 aliphatic rings. The summed E-state index contributed by atoms with van der Waals surface area (Å²) in [4.78, 5) is 32.0. The molecule has 0 amide bonds. The van der Waals surface area contributed by atoms with Crippen LogP contribution in [0.1, 0.15) is 39.5 Å². The van der Waals surface area contributed by atoms with Gasteiger partial charge in [-0.3, -0.25) is 9.59 Å². The van der Waals surface area contributed by atoms with Gasteiger partial charge in [0.2, 0.25) is 5.78 Å². The maximum atomic E-state index is 10.9. The van der Waals surface area contributed by atoms with Crippen LogP contribution in [-0.4, -0.2) is 37.5 Å². The minimum absolute atomic E-state index is 0. The third kappa shape index (κ3) is 8.06. The number of esters is 2. The van der Waals surface area contributed by atoms with Crippen molar-refractivity contribution in [3.63, 3.8) is 0 Å². The van der Waals surface area contributed by atoms with Crippen LogP contribution in [0.3, 0.4) is 0 Å². The molecule has 0 spiro atoms. The fraction of sp³-hybridized carbons (Fsp3) is 0.667. The molecule has 0 saturated carbocycles. The monoisotopic (exact) mass is 258 g/mol. The van der Waals surface area contributed by atoms with Crippen LogP contribution in [0.25, 0.3) is 0 Å². The van der Waals surface area contributed by atoms with Crippen LogP contribution in [0.4, 0.5) is 0 Å². The minimum atomic E-state index is -1.04. The average Bonchev–Trinajstić information content (AvgIpc) is 2.03. The summed E-state index contributed by atoms with van der Waals surface area (Å²) < 4.78 is 4.12. The SMILES string of the molecule is CCCCCC(=O)C(=O)OC(C)=O.[GaH3]. The van der Waals surface area contributed by atoms with Gasteiger partial charge in [-0.05, 0) is 6.42 Å². The molecule has 5 heteroatoms. The first kappa shape index (κ1) is 15.9. The first-order chi connectivity index (χ1) is 6.07. The van der Waals surface area contributed by atoms with Crippen molar-refractivity contribution < 1.29 is 19.1 Å². The van der Waals surface area contributed by atoms with E-state index in [4.69, 9.17) is 0 Å². The predicted octanol–water partition coefficient (Wildman–Crippen LogP) is 0.0416. The van der Waals surface area contributed by atoms with Crippen molar-refractivity contribution in [2.75, 3.05) is 0 Å². The van der Waals surface area contributed by atoms with Gasteiger partial charge in [-0.1, -0.05) is 19.8 Å². The molecule has 0 fully saturated rings. The molecule has 0 aliphatic heterocycles. The number of carbonyl (C=O) groups excluding carboxylic acids is 3. The molecule has 0 N–H and O–H groups in total. The number of ketones is 1. The topological polar surface area (TPSA) is 60.4 Å². The molecule has 0 aliphatic carbocycles. The van der Waals surface area contributed by atoms with Crippen LogP contribution < -0.4 is 0 Å². The van der Waals surface area contributed by atoms with Crippen LogP contribution in [-0.2, 0) is 19.1 Å². The number of ether oxygens (including phenoxy) is 1. The van der Waals surface area contributed by atoms with Gasteiger partial charge in [-0.2, -0.15) is 0 Å². The Morgan fingerprint density at radius 3 is 2.14 bits per heavy atom. The fourth-order valence-corrected chi connectivity index (χ4v) is 0.825. The second-order valence-corrected chi connectivity index (χ2v) is 2.76. The zero-order valence-corrected chi connectivity index (χ0v) is 7.96. The van der Waals surface area contributed by atoms with Gasteiger partial charge in [0.05, 0.1) is 0 Å². The van der Waals surface area contributed by atoms with Crippen molar-refractivity contribution in [1.29, 1.82) is 0 Å². The molecule has 0 aromatic heterocycles. The summed E-state index contributed by atoms with van der Waals surface area (Å²) in [6.45, 7) is 3.09. The third-order valence-electron chi connectivity index (χ3n) is 1.47. The number of Topliss-reactive ketones (excluding diaryl/α,β-unsaturated/α-hetero) is 1. The van der Waals surface area contributed by atoms with Gasteiger partial charge < -0.3 is 4.74 Å². The summed E-state index contributed by atoms with van der Waals surface area (Å²) >= 11 is 0. The molecule has 0 unspecified atom stereocenters. The number of rotatable bonds is 5. The molecule has 0 aromatic rings. The molecular weight excluding hydrogens is 242 g/mol. The van der Waals surface area contributed by atoms with Gasteiger partial charge in [0.15, 0.2) is 0 Å². The van der Waals surface area contributed by atoms with Gasteiger partial charge in [-0.25, -0.2) is 4.79 Å². The number of unbranched alkanes of at least 4 members (excludes halogenated alkanes) is 2. The summed E-state index contributed by atoms with van der Waals surface area (Å²) in [5.41, 5.74) is 0. The van der Waals surface area contributed by atoms with Gasteiger partial charge in [0.1, 0.15) is 0 Å². The third-order valence-corrected chi connectivity index (χ3v) is 1.47. The van der Waals surface area contributed by atoms with Crippen molar-refractivity contribution in [1.82, 2.24) is 0 Å². The molecule has 4 nitrogen and oxygen atoms in total. The van der Waals surface area contributed by atoms with E-state index in [0.29, 0.717) is 6.42 Å². The van der Waals surface area contributed by atoms with Gasteiger partial charge in [0, 0.05) is 13.3 Å². The number of hydrogen-bond donors (Lipinski definition) is 0. The maximum absolute atomic E-state index is 10.9. The van der Waals surface area contributed by atoms with Crippen molar-refractivity contribution >= 4 is 37.5 Å². The Balaban J connectivity index is 0. The molecule has 0 rings (SSSR count). The van der Waals surface area contributed by atoms with E-state index in [-0.39, 0.29) is 26.2 Å². The van der Waals surface area contributed by atoms with Crippen molar-refractivity contribution in [2.45, 2.75) is 39.5 Å². The molecule has 0 aromatic carbocycles. The van der Waals surface area contributed by atoms with Crippen LogP contribution >= 0.6 is 0 Å². The van der Waals surface area contributed by atoms with E-state index < -0.39 is 17.7 Å². The first-order valence-electron chi connectivity index (χ1n) is 4.33. The quantitative estimate of drug-likeness (QED) is 0.230. The Labute approximate surface area is 96.4 Å². The van der Waals surface area contributed by atoms with E-state index in [1.54, 1.807) is 0 Å². The average molecular weight is 259 g/mol. The predicted molar refractivity (Wildman–Crippen MR) is 55.9 cm³/mol. The van der Waals surface area contributed by atoms with Crippen molar-refractivity contribution in [3.8, 4) is 0 Å². The normalized spacial score (nSPS) is 8.71. The van der Waals surface area contributed by atoms with Crippen molar-refractivity contribution in [3.05, 3.63) is 0 Å². The summed E-state index contributed by atoms with van der Waals surface area (Å²) in [5, 5.41) is 0. The second kappa shape index (κ2) is 9.02. The summed E-state index contributed by atoms with van der Waals surface area (Å²) in [5.74, 6) is -2.40. The molecule has 0 saturated heterocycles. The zero-order valence-electron chi connectivity index (χ0n) is 7.96. The van der Waals surface area contributed by atoms with E-state index in [2.05, 4.69) is 4.74 Å². The molecule has 0 heterocycles. The van der Waals surface area contributed by atoms with Crippen molar-refractivity contribution in [2.24, 2.45) is 0 Å². The van der Waals surface area contributed by atoms with Gasteiger partial charge in [-0.15, -0.1) is 0 Å². The molecule has 0 atom stereocenters. The van der Waals surface area contributed by atoms with Crippen LogP contribution in [0.5, 0.6) is 0 Å². The fourth-order valence-electron chi connectivity index (χ4n) is 0.825. The second-order valence-electron chi connectivity index (χ2n) is 2.76. The first-order valence-corrected chi connectivity index (χ1v) is 4.33. The van der Waals surface area contributed by atoms with Gasteiger partial charge in [0.25, 0.3) is 0 Å².